The van der Waals surface area contributed by atoms with Gasteiger partial charge < -0.3 is 9.26 Å². The number of morpholine rings is 1. The quantitative estimate of drug-likeness (QED) is 0.553. The Kier molecular flexibility index (Phi) is 7.24. The highest BCUT2D eigenvalue weighted by molar-refractivity contribution is 7.89. The zero-order chi connectivity index (χ0) is 21.8. The largest absolute Gasteiger partial charge is 0.379 e. The van der Waals surface area contributed by atoms with E-state index >= 15 is 0 Å². The first-order valence-corrected chi connectivity index (χ1v) is 12.6. The topological polar surface area (TPSA) is 132 Å². The smallest absolute Gasteiger partial charge is 0.243 e. The minimum absolute atomic E-state index is 0.00307. The summed E-state index contributed by atoms with van der Waals surface area (Å²) in [6.07, 6.45) is 0.946. The maximum atomic E-state index is 12.6. The molecule has 12 heteroatoms. The third kappa shape index (κ3) is 5.43. The second-order valence-corrected chi connectivity index (χ2v) is 10.9. The summed E-state index contributed by atoms with van der Waals surface area (Å²) in [6, 6.07) is 5.21. The maximum Gasteiger partial charge on any atom is 0.243 e. The van der Waals surface area contributed by atoms with Crippen molar-refractivity contribution in [3.8, 4) is 0 Å². The van der Waals surface area contributed by atoms with Crippen molar-refractivity contribution in [2.75, 3.05) is 32.8 Å². The second-order valence-electron chi connectivity index (χ2n) is 7.19. The number of nitrogens with one attached hydrogen (secondary N) is 1. The molecular weight excluding hydrogens is 432 g/mol. The Bertz CT molecular complexity index is 1040. The zero-order valence-corrected chi connectivity index (χ0v) is 18.6. The molecule has 2 heterocycles. The van der Waals surface area contributed by atoms with Crippen molar-refractivity contribution in [2.45, 2.75) is 42.4 Å². The molecule has 1 saturated heterocycles. The number of aryl methyl sites for hydroxylation is 1. The Morgan fingerprint density at radius 3 is 2.30 bits per heavy atom. The van der Waals surface area contributed by atoms with Gasteiger partial charge in [-0.25, -0.2) is 21.6 Å². The summed E-state index contributed by atoms with van der Waals surface area (Å²) < 4.78 is 64.3. The molecule has 0 radical (unpaired) electrons. The normalized spacial score (nSPS) is 16.2. The summed E-state index contributed by atoms with van der Waals surface area (Å²) in [7, 11) is -7.42. The summed E-state index contributed by atoms with van der Waals surface area (Å²) >= 11 is 0. The molecule has 1 aliphatic rings. The molecule has 0 spiro atoms. The molecule has 1 N–H and O–H groups in total. The van der Waals surface area contributed by atoms with E-state index in [0.29, 0.717) is 37.8 Å². The Hall–Kier alpha value is -1.86. The molecule has 30 heavy (non-hydrogen) atoms. The van der Waals surface area contributed by atoms with E-state index in [1.54, 1.807) is 0 Å². The summed E-state index contributed by atoms with van der Waals surface area (Å²) in [6.45, 7) is 5.36. The van der Waals surface area contributed by atoms with Crippen LogP contribution in [-0.4, -0.2) is 64.1 Å². The zero-order valence-electron chi connectivity index (χ0n) is 16.9. The average molecular weight is 459 g/mol. The first kappa shape index (κ1) is 22.8. The molecule has 0 unspecified atom stereocenters. The Morgan fingerprint density at radius 1 is 1.07 bits per heavy atom. The third-order valence-electron chi connectivity index (χ3n) is 4.60. The summed E-state index contributed by atoms with van der Waals surface area (Å²) in [5, 5.41) is 3.87. The van der Waals surface area contributed by atoms with Gasteiger partial charge in [-0.3, -0.25) is 0 Å². The van der Waals surface area contributed by atoms with Gasteiger partial charge in [0.2, 0.25) is 25.9 Å². The van der Waals surface area contributed by atoms with E-state index < -0.39 is 20.0 Å². The van der Waals surface area contributed by atoms with E-state index in [-0.39, 0.29) is 35.3 Å². The number of rotatable bonds is 9. The van der Waals surface area contributed by atoms with Crippen molar-refractivity contribution in [2.24, 2.45) is 0 Å². The van der Waals surface area contributed by atoms with Gasteiger partial charge in [0.15, 0.2) is 5.82 Å². The number of ether oxygens (including phenoxy) is 1. The number of benzene rings is 1. The highest BCUT2D eigenvalue weighted by Gasteiger charge is 2.26. The van der Waals surface area contributed by atoms with Crippen molar-refractivity contribution < 1.29 is 26.1 Å². The van der Waals surface area contributed by atoms with Crippen LogP contribution >= 0.6 is 0 Å². The van der Waals surface area contributed by atoms with Crippen molar-refractivity contribution in [1.82, 2.24) is 19.2 Å². The van der Waals surface area contributed by atoms with Crippen molar-refractivity contribution in [1.29, 1.82) is 0 Å². The molecule has 0 amide bonds. The minimum Gasteiger partial charge on any atom is -0.379 e. The van der Waals surface area contributed by atoms with Crippen molar-refractivity contribution in [3.63, 3.8) is 0 Å². The number of nitrogens with zero attached hydrogens (tertiary/aromatic N) is 3. The summed E-state index contributed by atoms with van der Waals surface area (Å²) in [4.78, 5) is 4.31. The van der Waals surface area contributed by atoms with E-state index in [4.69, 9.17) is 9.26 Å². The standard InChI is InChI=1S/C18H26N4O6S2/c1-14(2)18-20-17(28-21-18)4-3-9-19-29(23,24)15-5-7-16(8-6-15)30(25,26)22-10-12-27-13-11-22/h5-8,14,19H,3-4,9-13H2,1-2H3. The van der Waals surface area contributed by atoms with Crippen molar-refractivity contribution >= 4 is 20.0 Å². The van der Waals surface area contributed by atoms with Crippen LogP contribution in [0.3, 0.4) is 0 Å². The number of hydrogen-bond donors (Lipinski definition) is 1. The monoisotopic (exact) mass is 458 g/mol. The van der Waals surface area contributed by atoms with Crippen molar-refractivity contribution in [3.05, 3.63) is 36.0 Å². The van der Waals surface area contributed by atoms with Crippen LogP contribution in [0.15, 0.2) is 38.6 Å². The highest BCUT2D eigenvalue weighted by Crippen LogP contribution is 2.19. The van der Waals surface area contributed by atoms with Gasteiger partial charge in [-0.15, -0.1) is 0 Å². The lowest BCUT2D eigenvalue weighted by Crippen LogP contribution is -2.40. The van der Waals surface area contributed by atoms with Crippen LogP contribution in [0, 0.1) is 0 Å². The Morgan fingerprint density at radius 2 is 1.70 bits per heavy atom. The lowest BCUT2D eigenvalue weighted by molar-refractivity contribution is 0.0730. The lowest BCUT2D eigenvalue weighted by atomic mass is 10.2. The van der Waals surface area contributed by atoms with Crippen LogP contribution < -0.4 is 4.72 Å². The fraction of sp³-hybridized carbons (Fsp3) is 0.556. The van der Waals surface area contributed by atoms with Crippen LogP contribution in [-0.2, 0) is 31.2 Å². The maximum absolute atomic E-state index is 12.6. The van der Waals surface area contributed by atoms with Gasteiger partial charge in [0, 0.05) is 32.0 Å². The fourth-order valence-corrected chi connectivity index (χ4v) is 5.34. The first-order valence-electron chi connectivity index (χ1n) is 9.70. The van der Waals surface area contributed by atoms with E-state index in [1.807, 2.05) is 13.8 Å². The van der Waals surface area contributed by atoms with E-state index in [9.17, 15) is 16.8 Å². The molecule has 10 nitrogen and oxygen atoms in total. The van der Waals surface area contributed by atoms with Crippen LogP contribution in [0.4, 0.5) is 0 Å². The van der Waals surface area contributed by atoms with Gasteiger partial charge in [-0.05, 0) is 30.7 Å². The van der Waals surface area contributed by atoms with Crippen LogP contribution in [0.1, 0.15) is 37.9 Å². The molecule has 0 aliphatic carbocycles. The second kappa shape index (κ2) is 9.52. The van der Waals surface area contributed by atoms with Crippen LogP contribution in [0.2, 0.25) is 0 Å². The van der Waals surface area contributed by atoms with Crippen LogP contribution in [0.5, 0.6) is 0 Å². The van der Waals surface area contributed by atoms with Gasteiger partial charge in [0.25, 0.3) is 0 Å². The molecule has 3 rings (SSSR count). The minimum atomic E-state index is -3.76. The van der Waals surface area contributed by atoms with E-state index in [0.717, 1.165) is 0 Å². The van der Waals surface area contributed by atoms with Gasteiger partial charge in [-0.2, -0.15) is 9.29 Å². The predicted octanol–water partition coefficient (Wildman–Crippen LogP) is 1.12. The molecular formula is C18H26N4O6S2. The summed E-state index contributed by atoms with van der Waals surface area (Å²) in [5.74, 6) is 1.25. The molecule has 1 aromatic heterocycles. The van der Waals surface area contributed by atoms with E-state index in [1.165, 1.54) is 28.6 Å². The molecule has 1 aromatic carbocycles. The molecule has 166 valence electrons. The highest BCUT2D eigenvalue weighted by atomic mass is 32.2. The van der Waals surface area contributed by atoms with Crippen LogP contribution in [0.25, 0.3) is 0 Å². The number of aromatic nitrogens is 2. The predicted molar refractivity (Wildman–Crippen MR) is 108 cm³/mol. The van der Waals surface area contributed by atoms with Gasteiger partial charge in [0.1, 0.15) is 0 Å². The van der Waals surface area contributed by atoms with E-state index in [2.05, 4.69) is 14.9 Å². The SMILES string of the molecule is CC(C)c1noc(CCCNS(=O)(=O)c2ccc(S(=O)(=O)N3CCOCC3)cc2)n1. The molecule has 1 fully saturated rings. The summed E-state index contributed by atoms with van der Waals surface area (Å²) in [5.41, 5.74) is 0. The average Bonchev–Trinajstić information content (AvgIpc) is 3.21. The first-order chi connectivity index (χ1) is 14.2. The lowest BCUT2D eigenvalue weighted by Gasteiger charge is -2.26. The fourth-order valence-electron chi connectivity index (χ4n) is 2.86. The third-order valence-corrected chi connectivity index (χ3v) is 7.99. The van der Waals surface area contributed by atoms with Gasteiger partial charge in [0.05, 0.1) is 23.0 Å². The Labute approximate surface area is 176 Å². The molecule has 2 aromatic rings. The molecule has 0 atom stereocenters. The molecule has 0 saturated carbocycles. The molecule has 0 bridgehead atoms. The number of sulfonamides is 2. The Balaban J connectivity index is 1.56. The molecule has 1 aliphatic heterocycles. The number of hydrogen-bond acceptors (Lipinski definition) is 8. The van der Waals surface area contributed by atoms with Gasteiger partial charge in [-0.1, -0.05) is 19.0 Å². The van der Waals surface area contributed by atoms with Gasteiger partial charge >= 0.3 is 0 Å².